The van der Waals surface area contributed by atoms with Crippen molar-refractivity contribution in [1.29, 1.82) is 0 Å². The number of benzene rings is 2. The van der Waals surface area contributed by atoms with E-state index in [4.69, 9.17) is 4.74 Å². The molecule has 24 heavy (non-hydrogen) atoms. The van der Waals surface area contributed by atoms with Crippen molar-refractivity contribution in [2.75, 3.05) is 12.4 Å². The lowest BCUT2D eigenvalue weighted by Crippen LogP contribution is -2.11. The number of thioether (sulfide) groups is 1. The van der Waals surface area contributed by atoms with Crippen LogP contribution in [0.2, 0.25) is 0 Å². The lowest BCUT2D eigenvalue weighted by atomic mass is 10.2. The van der Waals surface area contributed by atoms with Gasteiger partial charge in [-0.3, -0.25) is 10.1 Å². The van der Waals surface area contributed by atoms with E-state index in [0.717, 1.165) is 21.4 Å². The maximum absolute atomic E-state index is 12.1. The van der Waals surface area contributed by atoms with E-state index in [1.807, 2.05) is 42.5 Å². The number of rotatable bonds is 6. The van der Waals surface area contributed by atoms with Crippen molar-refractivity contribution in [3.05, 3.63) is 65.7 Å². The summed E-state index contributed by atoms with van der Waals surface area (Å²) in [6, 6.07) is 16.9. The van der Waals surface area contributed by atoms with E-state index in [9.17, 15) is 4.79 Å². The Hall–Kier alpha value is -2.38. The molecule has 0 saturated carbocycles. The molecule has 7 heteroatoms. The summed E-state index contributed by atoms with van der Waals surface area (Å²) in [6.07, 6.45) is 0. The van der Waals surface area contributed by atoms with Gasteiger partial charge in [0.15, 0.2) is 4.34 Å². The summed E-state index contributed by atoms with van der Waals surface area (Å²) in [4.78, 5) is 12.1. The molecule has 0 atom stereocenters. The molecule has 0 radical (unpaired) electrons. The molecule has 3 aromatic rings. The first-order chi connectivity index (χ1) is 11.7. The van der Waals surface area contributed by atoms with Crippen molar-refractivity contribution in [3.8, 4) is 5.75 Å². The monoisotopic (exact) mass is 357 g/mol. The molecule has 0 aliphatic heterocycles. The Morgan fingerprint density at radius 2 is 2.00 bits per heavy atom. The van der Waals surface area contributed by atoms with Gasteiger partial charge in [-0.2, -0.15) is 0 Å². The van der Waals surface area contributed by atoms with E-state index >= 15 is 0 Å². The van der Waals surface area contributed by atoms with Crippen molar-refractivity contribution in [2.45, 2.75) is 10.1 Å². The van der Waals surface area contributed by atoms with Gasteiger partial charge in [-0.25, -0.2) is 0 Å². The van der Waals surface area contributed by atoms with E-state index in [-0.39, 0.29) is 5.91 Å². The fourth-order valence-electron chi connectivity index (χ4n) is 1.98. The third kappa shape index (κ3) is 4.33. The molecular formula is C17H15N3O2S2. The van der Waals surface area contributed by atoms with Gasteiger partial charge >= 0.3 is 0 Å². The van der Waals surface area contributed by atoms with Crippen molar-refractivity contribution in [3.63, 3.8) is 0 Å². The lowest BCUT2D eigenvalue weighted by molar-refractivity contribution is 0.102. The number of anilines is 1. The van der Waals surface area contributed by atoms with Crippen LogP contribution in [0.1, 0.15) is 15.9 Å². The zero-order valence-electron chi connectivity index (χ0n) is 12.9. The summed E-state index contributed by atoms with van der Waals surface area (Å²) >= 11 is 2.94. The van der Waals surface area contributed by atoms with Gasteiger partial charge < -0.3 is 4.74 Å². The molecule has 0 unspecified atom stereocenters. The van der Waals surface area contributed by atoms with E-state index < -0.39 is 0 Å². The second-order valence-electron chi connectivity index (χ2n) is 4.83. The van der Waals surface area contributed by atoms with Crippen LogP contribution in [-0.2, 0) is 5.75 Å². The highest BCUT2D eigenvalue weighted by atomic mass is 32.2. The van der Waals surface area contributed by atoms with Crippen LogP contribution < -0.4 is 10.1 Å². The van der Waals surface area contributed by atoms with Gasteiger partial charge in [-0.15, -0.1) is 10.2 Å². The molecule has 0 bridgehead atoms. The van der Waals surface area contributed by atoms with Crippen LogP contribution in [0.4, 0.5) is 5.13 Å². The Morgan fingerprint density at radius 3 is 2.79 bits per heavy atom. The molecule has 0 saturated heterocycles. The molecule has 1 aromatic heterocycles. The van der Waals surface area contributed by atoms with E-state index in [0.29, 0.717) is 10.7 Å². The quantitative estimate of drug-likeness (QED) is 0.532. The summed E-state index contributed by atoms with van der Waals surface area (Å²) < 4.78 is 6.02. The number of amides is 1. The summed E-state index contributed by atoms with van der Waals surface area (Å²) in [7, 11) is 1.65. The molecule has 122 valence electrons. The fraction of sp³-hybridized carbons (Fsp3) is 0.118. The van der Waals surface area contributed by atoms with Gasteiger partial charge in [0, 0.05) is 11.3 Å². The Morgan fingerprint density at radius 1 is 1.17 bits per heavy atom. The number of carbonyl (C=O) groups is 1. The Kier molecular flexibility index (Phi) is 5.45. The summed E-state index contributed by atoms with van der Waals surface area (Å²) in [5.74, 6) is 1.41. The number of nitrogens with one attached hydrogen (secondary N) is 1. The average molecular weight is 357 g/mol. The van der Waals surface area contributed by atoms with Crippen molar-refractivity contribution >= 4 is 34.1 Å². The summed E-state index contributed by atoms with van der Waals surface area (Å²) in [6.45, 7) is 0. The normalized spacial score (nSPS) is 10.4. The molecule has 0 spiro atoms. The first kappa shape index (κ1) is 16.5. The highest BCUT2D eigenvalue weighted by Crippen LogP contribution is 2.29. The highest BCUT2D eigenvalue weighted by Gasteiger charge is 2.10. The van der Waals surface area contributed by atoms with Crippen LogP contribution in [0.15, 0.2) is 58.9 Å². The van der Waals surface area contributed by atoms with Crippen LogP contribution in [0.5, 0.6) is 5.75 Å². The van der Waals surface area contributed by atoms with Crippen LogP contribution in [0.3, 0.4) is 0 Å². The topological polar surface area (TPSA) is 64.1 Å². The van der Waals surface area contributed by atoms with Crippen LogP contribution in [-0.4, -0.2) is 23.2 Å². The minimum atomic E-state index is -0.184. The fourth-order valence-corrected chi connectivity index (χ4v) is 3.67. The van der Waals surface area contributed by atoms with Gasteiger partial charge in [-0.05, 0) is 29.8 Å². The van der Waals surface area contributed by atoms with Crippen molar-refractivity contribution in [2.24, 2.45) is 0 Å². The molecule has 0 aliphatic carbocycles. The van der Waals surface area contributed by atoms with Crippen molar-refractivity contribution in [1.82, 2.24) is 10.2 Å². The SMILES string of the molecule is COc1cccc(CSc2nnc(NC(=O)c3ccccc3)s2)c1. The molecule has 0 aliphatic rings. The zero-order chi connectivity index (χ0) is 16.8. The zero-order valence-corrected chi connectivity index (χ0v) is 14.6. The van der Waals surface area contributed by atoms with Crippen LogP contribution in [0.25, 0.3) is 0 Å². The van der Waals surface area contributed by atoms with E-state index in [2.05, 4.69) is 15.5 Å². The van der Waals surface area contributed by atoms with Crippen LogP contribution in [0, 0.1) is 0 Å². The van der Waals surface area contributed by atoms with Gasteiger partial charge in [0.05, 0.1) is 7.11 Å². The molecule has 1 amide bonds. The third-order valence-electron chi connectivity index (χ3n) is 3.16. The Balaban J connectivity index is 1.58. The number of nitrogens with zero attached hydrogens (tertiary/aromatic N) is 2. The molecule has 3 rings (SSSR count). The smallest absolute Gasteiger partial charge is 0.257 e. The van der Waals surface area contributed by atoms with Crippen LogP contribution >= 0.6 is 23.1 Å². The molecule has 1 N–H and O–H groups in total. The van der Waals surface area contributed by atoms with Gasteiger partial charge in [0.2, 0.25) is 5.13 Å². The second-order valence-corrected chi connectivity index (χ2v) is 7.03. The largest absolute Gasteiger partial charge is 0.497 e. The minimum Gasteiger partial charge on any atom is -0.497 e. The Labute approximate surface area is 148 Å². The predicted molar refractivity (Wildman–Crippen MR) is 96.9 cm³/mol. The Bertz CT molecular complexity index is 821. The maximum atomic E-state index is 12.1. The number of carbonyl (C=O) groups excluding carboxylic acids is 1. The molecule has 0 fully saturated rings. The van der Waals surface area contributed by atoms with Crippen molar-refractivity contribution < 1.29 is 9.53 Å². The predicted octanol–water partition coefficient (Wildman–Crippen LogP) is 4.09. The lowest BCUT2D eigenvalue weighted by Gasteiger charge is -2.02. The van der Waals surface area contributed by atoms with E-state index in [1.54, 1.807) is 31.0 Å². The number of methoxy groups -OCH3 is 1. The van der Waals surface area contributed by atoms with Gasteiger partial charge in [0.1, 0.15) is 5.75 Å². The molecule has 5 nitrogen and oxygen atoms in total. The molecular weight excluding hydrogens is 342 g/mol. The molecule has 1 heterocycles. The average Bonchev–Trinajstić information content (AvgIpc) is 3.08. The standard InChI is InChI=1S/C17H15N3O2S2/c1-22-14-9-5-6-12(10-14)11-23-17-20-19-16(24-17)18-15(21)13-7-3-2-4-8-13/h2-10H,11H2,1H3,(H,18,19,21). The first-order valence-electron chi connectivity index (χ1n) is 7.20. The summed E-state index contributed by atoms with van der Waals surface area (Å²) in [5.41, 5.74) is 1.74. The minimum absolute atomic E-state index is 0.184. The highest BCUT2D eigenvalue weighted by molar-refractivity contribution is 8.00. The number of hydrogen-bond acceptors (Lipinski definition) is 6. The summed E-state index contributed by atoms with van der Waals surface area (Å²) in [5, 5.41) is 11.4. The second kappa shape index (κ2) is 7.94. The third-order valence-corrected chi connectivity index (χ3v) is 5.20. The number of aromatic nitrogens is 2. The number of hydrogen-bond donors (Lipinski definition) is 1. The maximum Gasteiger partial charge on any atom is 0.257 e. The number of ether oxygens (including phenoxy) is 1. The van der Waals surface area contributed by atoms with Gasteiger partial charge in [0.25, 0.3) is 5.91 Å². The first-order valence-corrected chi connectivity index (χ1v) is 9.00. The van der Waals surface area contributed by atoms with Gasteiger partial charge in [-0.1, -0.05) is 53.4 Å². The molecule has 2 aromatic carbocycles. The van der Waals surface area contributed by atoms with E-state index in [1.165, 1.54) is 11.3 Å².